The number of likely N-dealkylation sites (tertiary alicyclic amines) is 1. The van der Waals surface area contributed by atoms with Gasteiger partial charge in [0.2, 0.25) is 17.7 Å². The average molecular weight is 394 g/mol. The highest BCUT2D eigenvalue weighted by Crippen LogP contribution is 2.53. The highest BCUT2D eigenvalue weighted by Gasteiger charge is 2.71. The zero-order valence-electron chi connectivity index (χ0n) is 14.9. The van der Waals surface area contributed by atoms with Crippen LogP contribution in [0.5, 0.6) is 0 Å². The zero-order valence-corrected chi connectivity index (χ0v) is 15.6. The molecule has 1 aromatic rings. The maximum atomic E-state index is 13.2. The van der Waals surface area contributed by atoms with Crippen LogP contribution in [-0.4, -0.2) is 60.1 Å². The minimum atomic E-state index is -1.44. The molecular weight excluding hydrogens is 374 g/mol. The standard InChI is InChI=1S/C18H20ClN3O5/c1-8(23)14-12-13(16(25)22(15(12)24)5-6-27-2)18(21-14)10-7-9(19)3-4-11(10)20-17(18)26/h3-4,7-8,12-14,21,23H,5-6H2,1-2H3,(H,20,26). The molecule has 0 aliphatic carbocycles. The van der Waals surface area contributed by atoms with Gasteiger partial charge in [-0.1, -0.05) is 11.6 Å². The lowest BCUT2D eigenvalue weighted by Gasteiger charge is -2.30. The number of amides is 3. The van der Waals surface area contributed by atoms with Crippen molar-refractivity contribution in [2.45, 2.75) is 24.6 Å². The number of benzene rings is 1. The first-order valence-corrected chi connectivity index (χ1v) is 9.12. The van der Waals surface area contributed by atoms with Gasteiger partial charge in [-0.15, -0.1) is 0 Å². The summed E-state index contributed by atoms with van der Waals surface area (Å²) in [5, 5.41) is 16.6. The largest absolute Gasteiger partial charge is 0.392 e. The number of aliphatic hydroxyl groups excluding tert-OH is 1. The van der Waals surface area contributed by atoms with E-state index in [1.54, 1.807) is 18.2 Å². The Balaban J connectivity index is 1.86. The van der Waals surface area contributed by atoms with Gasteiger partial charge in [-0.05, 0) is 25.1 Å². The number of carbonyl (C=O) groups is 3. The third-order valence-electron chi connectivity index (χ3n) is 5.74. The van der Waals surface area contributed by atoms with E-state index in [4.69, 9.17) is 16.3 Å². The summed E-state index contributed by atoms with van der Waals surface area (Å²) in [5.74, 6) is -3.07. The van der Waals surface area contributed by atoms with E-state index in [1.807, 2.05) is 0 Å². The van der Waals surface area contributed by atoms with Crippen LogP contribution in [0.25, 0.3) is 0 Å². The van der Waals surface area contributed by atoms with Gasteiger partial charge in [0.1, 0.15) is 5.54 Å². The molecule has 3 amide bonds. The molecule has 144 valence electrons. The average Bonchev–Trinajstić information content (AvgIpc) is 3.20. The van der Waals surface area contributed by atoms with E-state index in [0.29, 0.717) is 16.3 Å². The number of ether oxygens (including phenoxy) is 1. The number of methoxy groups -OCH3 is 1. The second-order valence-corrected chi connectivity index (χ2v) is 7.62. The number of carbonyl (C=O) groups excluding carboxylic acids is 3. The van der Waals surface area contributed by atoms with Crippen LogP contribution in [0, 0.1) is 11.8 Å². The molecule has 3 aliphatic heterocycles. The number of imide groups is 1. The Bertz CT molecular complexity index is 844. The van der Waals surface area contributed by atoms with E-state index in [9.17, 15) is 19.5 Å². The van der Waals surface area contributed by atoms with E-state index in [-0.39, 0.29) is 13.2 Å². The third-order valence-corrected chi connectivity index (χ3v) is 5.98. The number of aliphatic hydroxyl groups is 1. The Kier molecular flexibility index (Phi) is 4.27. The zero-order chi connectivity index (χ0) is 19.5. The monoisotopic (exact) mass is 393 g/mol. The van der Waals surface area contributed by atoms with Crippen LogP contribution in [0.3, 0.4) is 0 Å². The lowest BCUT2D eigenvalue weighted by molar-refractivity contribution is -0.143. The summed E-state index contributed by atoms with van der Waals surface area (Å²) in [6, 6.07) is 4.19. The van der Waals surface area contributed by atoms with Gasteiger partial charge in [0.25, 0.3) is 0 Å². The molecule has 5 atom stereocenters. The summed E-state index contributed by atoms with van der Waals surface area (Å²) >= 11 is 6.14. The molecule has 9 heteroatoms. The minimum Gasteiger partial charge on any atom is -0.392 e. The maximum Gasteiger partial charge on any atom is 0.250 e. The van der Waals surface area contributed by atoms with Crippen molar-refractivity contribution in [2.75, 3.05) is 25.6 Å². The third kappa shape index (κ3) is 2.37. The molecule has 8 nitrogen and oxygen atoms in total. The van der Waals surface area contributed by atoms with Crippen molar-refractivity contribution in [3.8, 4) is 0 Å². The molecule has 3 N–H and O–H groups in total. The molecule has 0 radical (unpaired) electrons. The molecule has 3 heterocycles. The van der Waals surface area contributed by atoms with Gasteiger partial charge in [0.05, 0.1) is 31.1 Å². The Hall–Kier alpha value is -2.00. The molecule has 5 unspecified atom stereocenters. The van der Waals surface area contributed by atoms with Crippen molar-refractivity contribution in [3.63, 3.8) is 0 Å². The number of halogens is 1. The normalized spacial score (nSPS) is 32.8. The lowest BCUT2D eigenvalue weighted by Crippen LogP contribution is -2.55. The Labute approximate surface area is 160 Å². The number of hydrogen-bond donors (Lipinski definition) is 3. The molecule has 2 saturated heterocycles. The molecule has 4 rings (SSSR count). The van der Waals surface area contributed by atoms with Crippen molar-refractivity contribution >= 4 is 35.0 Å². The molecule has 1 aromatic carbocycles. The van der Waals surface area contributed by atoms with Crippen molar-refractivity contribution < 1.29 is 24.2 Å². The van der Waals surface area contributed by atoms with Gasteiger partial charge in [0, 0.05) is 29.4 Å². The summed E-state index contributed by atoms with van der Waals surface area (Å²) in [5.41, 5.74) is -0.383. The molecule has 2 fully saturated rings. The number of rotatable bonds is 4. The van der Waals surface area contributed by atoms with E-state index in [2.05, 4.69) is 10.6 Å². The molecule has 0 saturated carbocycles. The topological polar surface area (TPSA) is 108 Å². The van der Waals surface area contributed by atoms with Crippen molar-refractivity contribution in [2.24, 2.45) is 11.8 Å². The number of fused-ring (bicyclic) bond motifs is 4. The summed E-state index contributed by atoms with van der Waals surface area (Å²) in [7, 11) is 1.48. The highest BCUT2D eigenvalue weighted by molar-refractivity contribution is 6.31. The first kappa shape index (κ1) is 18.4. The van der Waals surface area contributed by atoms with Gasteiger partial charge in [-0.25, -0.2) is 0 Å². The van der Waals surface area contributed by atoms with Crippen LogP contribution < -0.4 is 10.6 Å². The fraction of sp³-hybridized carbons (Fsp3) is 0.500. The minimum absolute atomic E-state index is 0.105. The number of nitrogens with zero attached hydrogens (tertiary/aromatic N) is 1. The number of hydrogen-bond acceptors (Lipinski definition) is 6. The van der Waals surface area contributed by atoms with Gasteiger partial charge in [0.15, 0.2) is 0 Å². The van der Waals surface area contributed by atoms with Gasteiger partial charge in [-0.2, -0.15) is 0 Å². The predicted octanol–water partition coefficient (Wildman–Crippen LogP) is 0.0876. The van der Waals surface area contributed by atoms with E-state index < -0.39 is 47.2 Å². The second kappa shape index (κ2) is 6.27. The van der Waals surface area contributed by atoms with E-state index in [1.165, 1.54) is 14.0 Å². The second-order valence-electron chi connectivity index (χ2n) is 7.19. The van der Waals surface area contributed by atoms with Crippen molar-refractivity contribution in [1.82, 2.24) is 10.2 Å². The molecule has 0 aromatic heterocycles. The fourth-order valence-electron chi connectivity index (χ4n) is 4.58. The van der Waals surface area contributed by atoms with Crippen LogP contribution >= 0.6 is 11.6 Å². The Morgan fingerprint density at radius 1 is 1.33 bits per heavy atom. The summed E-state index contributed by atoms with van der Waals surface area (Å²) in [6.45, 7) is 1.84. The lowest BCUT2D eigenvalue weighted by atomic mass is 9.76. The number of anilines is 1. The smallest absolute Gasteiger partial charge is 0.250 e. The fourth-order valence-corrected chi connectivity index (χ4v) is 4.75. The summed E-state index contributed by atoms with van der Waals surface area (Å²) < 4.78 is 5.00. The van der Waals surface area contributed by atoms with Crippen LogP contribution in [0.15, 0.2) is 18.2 Å². The Morgan fingerprint density at radius 2 is 2.07 bits per heavy atom. The quantitative estimate of drug-likeness (QED) is 0.626. The highest BCUT2D eigenvalue weighted by atomic mass is 35.5. The van der Waals surface area contributed by atoms with E-state index in [0.717, 1.165) is 4.90 Å². The predicted molar refractivity (Wildman–Crippen MR) is 95.9 cm³/mol. The molecule has 27 heavy (non-hydrogen) atoms. The number of nitrogens with one attached hydrogen (secondary N) is 2. The molecule has 0 bridgehead atoms. The first-order chi connectivity index (χ1) is 12.8. The maximum absolute atomic E-state index is 13.2. The van der Waals surface area contributed by atoms with Crippen LogP contribution in [-0.2, 0) is 24.7 Å². The van der Waals surface area contributed by atoms with Gasteiger partial charge >= 0.3 is 0 Å². The van der Waals surface area contributed by atoms with Crippen LogP contribution in [0.4, 0.5) is 5.69 Å². The van der Waals surface area contributed by atoms with Crippen molar-refractivity contribution in [1.29, 1.82) is 0 Å². The summed E-state index contributed by atoms with van der Waals surface area (Å²) in [6.07, 6.45) is -0.938. The van der Waals surface area contributed by atoms with Crippen molar-refractivity contribution in [3.05, 3.63) is 28.8 Å². The SMILES string of the molecule is COCCN1C(=O)C2C(C(C)O)NC3(C(=O)Nc4ccc(Cl)cc43)C2C1=O. The Morgan fingerprint density at radius 3 is 2.74 bits per heavy atom. The van der Waals surface area contributed by atoms with Crippen LogP contribution in [0.1, 0.15) is 12.5 Å². The van der Waals surface area contributed by atoms with E-state index >= 15 is 0 Å². The summed E-state index contributed by atoms with van der Waals surface area (Å²) in [4.78, 5) is 40.3. The molecule has 3 aliphatic rings. The van der Waals surface area contributed by atoms with Crippen LogP contribution in [0.2, 0.25) is 5.02 Å². The first-order valence-electron chi connectivity index (χ1n) is 8.74. The van der Waals surface area contributed by atoms with Gasteiger partial charge in [-0.3, -0.25) is 24.6 Å². The molecule has 1 spiro atoms. The molecular formula is C18H20ClN3O5. The van der Waals surface area contributed by atoms with Gasteiger partial charge < -0.3 is 15.2 Å².